The van der Waals surface area contributed by atoms with E-state index in [2.05, 4.69) is 10.2 Å². The van der Waals surface area contributed by atoms with Crippen LogP contribution in [0.5, 0.6) is 11.5 Å². The van der Waals surface area contributed by atoms with Gasteiger partial charge in [-0.15, -0.1) is 10.2 Å². The summed E-state index contributed by atoms with van der Waals surface area (Å²) in [4.78, 5) is 14.6. The van der Waals surface area contributed by atoms with Crippen LogP contribution in [0.1, 0.15) is 43.9 Å². The zero-order valence-corrected chi connectivity index (χ0v) is 15.5. The highest BCUT2D eigenvalue weighted by Gasteiger charge is 2.34. The third-order valence-electron chi connectivity index (χ3n) is 4.81. The van der Waals surface area contributed by atoms with E-state index in [0.29, 0.717) is 36.3 Å². The van der Waals surface area contributed by atoms with Crippen molar-refractivity contribution in [1.29, 1.82) is 0 Å². The molecule has 7 heteroatoms. The van der Waals surface area contributed by atoms with Crippen LogP contribution in [-0.4, -0.2) is 47.3 Å². The van der Waals surface area contributed by atoms with Crippen molar-refractivity contribution in [1.82, 2.24) is 15.1 Å². The summed E-state index contributed by atoms with van der Waals surface area (Å²) < 4.78 is 16.6. The number of hydrogen-bond donors (Lipinski definition) is 0. The number of likely N-dealkylation sites (tertiary alicyclic amines) is 1. The van der Waals surface area contributed by atoms with Crippen LogP contribution in [-0.2, 0) is 4.79 Å². The van der Waals surface area contributed by atoms with E-state index in [1.165, 1.54) is 0 Å². The van der Waals surface area contributed by atoms with Crippen LogP contribution >= 0.6 is 0 Å². The Hall–Kier alpha value is -2.57. The van der Waals surface area contributed by atoms with Crippen molar-refractivity contribution in [2.75, 3.05) is 20.3 Å². The minimum absolute atomic E-state index is 0.0300. The zero-order valence-electron chi connectivity index (χ0n) is 15.5. The van der Waals surface area contributed by atoms with Gasteiger partial charge >= 0.3 is 0 Å². The molecule has 3 rings (SSSR count). The summed E-state index contributed by atoms with van der Waals surface area (Å²) in [6, 6.07) is 7.46. The highest BCUT2D eigenvalue weighted by Crippen LogP contribution is 2.32. The molecule has 1 aliphatic rings. The van der Waals surface area contributed by atoms with E-state index in [0.717, 1.165) is 19.4 Å². The van der Waals surface area contributed by atoms with Crippen LogP contribution in [0.25, 0.3) is 0 Å². The van der Waals surface area contributed by atoms with Crippen molar-refractivity contribution >= 4 is 5.91 Å². The first-order chi connectivity index (χ1) is 12.6. The first kappa shape index (κ1) is 18.2. The summed E-state index contributed by atoms with van der Waals surface area (Å²) in [5.41, 5.74) is 0. The standard InChI is InChI=1S/C19H25N3O4/c1-13-15(19-21-20-14(2)26-19)7-6-11-22(13)18(23)10-12-25-17-9-5-4-8-16(17)24-3/h4-5,8-9,13,15H,6-7,10-12H2,1-3H3/t13-,15-/m0/s1. The van der Waals surface area contributed by atoms with Crippen molar-refractivity contribution in [3.8, 4) is 11.5 Å². The number of piperidine rings is 1. The Morgan fingerprint density at radius 2 is 2.08 bits per heavy atom. The lowest BCUT2D eigenvalue weighted by Gasteiger charge is -2.38. The lowest BCUT2D eigenvalue weighted by atomic mass is 9.90. The van der Waals surface area contributed by atoms with E-state index in [1.54, 1.807) is 14.0 Å². The molecule has 1 amide bonds. The average molecular weight is 359 g/mol. The molecule has 0 bridgehead atoms. The molecule has 2 aromatic rings. The maximum absolute atomic E-state index is 12.7. The van der Waals surface area contributed by atoms with Crippen LogP contribution in [0, 0.1) is 6.92 Å². The van der Waals surface area contributed by atoms with E-state index >= 15 is 0 Å². The Bertz CT molecular complexity index is 746. The SMILES string of the molecule is COc1ccccc1OCCC(=O)N1CCC[C@H](c2nnc(C)o2)[C@@H]1C. The summed E-state index contributed by atoms with van der Waals surface area (Å²) >= 11 is 0. The fourth-order valence-electron chi connectivity index (χ4n) is 3.42. The minimum Gasteiger partial charge on any atom is -0.493 e. The van der Waals surface area contributed by atoms with Gasteiger partial charge in [0.25, 0.3) is 0 Å². The maximum atomic E-state index is 12.7. The monoisotopic (exact) mass is 359 g/mol. The zero-order chi connectivity index (χ0) is 18.5. The highest BCUT2D eigenvalue weighted by atomic mass is 16.5. The number of hydrogen-bond acceptors (Lipinski definition) is 6. The van der Waals surface area contributed by atoms with Crippen LogP contribution in [0.3, 0.4) is 0 Å². The Morgan fingerprint density at radius 1 is 1.31 bits per heavy atom. The predicted molar refractivity (Wildman–Crippen MR) is 95.3 cm³/mol. The Labute approximate surface area is 153 Å². The minimum atomic E-state index is 0.0300. The number of carbonyl (C=O) groups is 1. The Morgan fingerprint density at radius 3 is 2.77 bits per heavy atom. The summed E-state index contributed by atoms with van der Waals surface area (Å²) in [6.45, 7) is 4.88. The number of carbonyl (C=O) groups excluding carboxylic acids is 1. The smallest absolute Gasteiger partial charge is 0.226 e. The largest absolute Gasteiger partial charge is 0.493 e. The van der Waals surface area contributed by atoms with Crippen LogP contribution in [0.4, 0.5) is 0 Å². The number of aromatic nitrogens is 2. The molecule has 1 aliphatic heterocycles. The van der Waals surface area contributed by atoms with Crippen molar-refractivity contribution in [2.24, 2.45) is 0 Å². The molecule has 0 N–H and O–H groups in total. The topological polar surface area (TPSA) is 77.7 Å². The van der Waals surface area contributed by atoms with E-state index in [4.69, 9.17) is 13.9 Å². The van der Waals surface area contributed by atoms with Gasteiger partial charge in [-0.25, -0.2) is 0 Å². The van der Waals surface area contributed by atoms with Gasteiger partial charge in [-0.3, -0.25) is 4.79 Å². The number of para-hydroxylation sites is 2. The van der Waals surface area contributed by atoms with Crippen molar-refractivity contribution < 1.29 is 18.7 Å². The summed E-state index contributed by atoms with van der Waals surface area (Å²) in [5, 5.41) is 8.06. The first-order valence-corrected chi connectivity index (χ1v) is 8.95. The third kappa shape index (κ3) is 3.98. The molecule has 0 unspecified atom stereocenters. The van der Waals surface area contributed by atoms with Gasteiger partial charge in [-0.1, -0.05) is 12.1 Å². The second kappa shape index (κ2) is 8.21. The Balaban J connectivity index is 1.57. The van der Waals surface area contributed by atoms with Gasteiger partial charge < -0.3 is 18.8 Å². The normalized spacial score (nSPS) is 20.0. The van der Waals surface area contributed by atoms with Crippen molar-refractivity contribution in [3.05, 3.63) is 36.0 Å². The lowest BCUT2D eigenvalue weighted by Crippen LogP contribution is -2.46. The second-order valence-corrected chi connectivity index (χ2v) is 6.49. The fourth-order valence-corrected chi connectivity index (χ4v) is 3.42. The van der Waals surface area contributed by atoms with Crippen LogP contribution in [0.15, 0.2) is 28.7 Å². The number of methoxy groups -OCH3 is 1. The van der Waals surface area contributed by atoms with E-state index in [1.807, 2.05) is 36.1 Å². The molecule has 0 saturated carbocycles. The van der Waals surface area contributed by atoms with Crippen molar-refractivity contribution in [2.45, 2.75) is 45.1 Å². The second-order valence-electron chi connectivity index (χ2n) is 6.49. The van der Waals surface area contributed by atoms with Crippen LogP contribution in [0.2, 0.25) is 0 Å². The molecule has 2 atom stereocenters. The van der Waals surface area contributed by atoms with Gasteiger partial charge in [0.05, 0.1) is 26.1 Å². The lowest BCUT2D eigenvalue weighted by molar-refractivity contribution is -0.135. The summed E-state index contributed by atoms with van der Waals surface area (Å²) in [5.74, 6) is 2.66. The summed E-state index contributed by atoms with van der Waals surface area (Å²) in [6.07, 6.45) is 2.19. The van der Waals surface area contributed by atoms with E-state index in [-0.39, 0.29) is 17.9 Å². The molecule has 7 nitrogen and oxygen atoms in total. The van der Waals surface area contributed by atoms with Crippen LogP contribution < -0.4 is 9.47 Å². The molecule has 2 heterocycles. The number of benzene rings is 1. The molecule has 1 saturated heterocycles. The van der Waals surface area contributed by atoms with Crippen molar-refractivity contribution in [3.63, 3.8) is 0 Å². The molecule has 0 aliphatic carbocycles. The number of ether oxygens (including phenoxy) is 2. The fraction of sp³-hybridized carbons (Fsp3) is 0.526. The molecule has 1 fully saturated rings. The quantitative estimate of drug-likeness (QED) is 0.789. The molecule has 140 valence electrons. The number of amides is 1. The van der Waals surface area contributed by atoms with E-state index < -0.39 is 0 Å². The highest BCUT2D eigenvalue weighted by molar-refractivity contribution is 5.76. The molecule has 0 radical (unpaired) electrons. The van der Waals surface area contributed by atoms with Gasteiger partial charge in [0.2, 0.25) is 17.7 Å². The van der Waals surface area contributed by atoms with Gasteiger partial charge in [0.1, 0.15) is 0 Å². The molecule has 26 heavy (non-hydrogen) atoms. The van der Waals surface area contributed by atoms with Gasteiger partial charge in [-0.2, -0.15) is 0 Å². The van der Waals surface area contributed by atoms with Gasteiger partial charge in [0, 0.05) is 19.5 Å². The third-order valence-corrected chi connectivity index (χ3v) is 4.81. The van der Waals surface area contributed by atoms with E-state index in [9.17, 15) is 4.79 Å². The number of aryl methyl sites for hydroxylation is 1. The number of rotatable bonds is 6. The molecule has 0 spiro atoms. The molecule has 1 aromatic heterocycles. The first-order valence-electron chi connectivity index (χ1n) is 8.95. The maximum Gasteiger partial charge on any atom is 0.226 e. The molecular formula is C19H25N3O4. The Kier molecular flexibility index (Phi) is 5.75. The summed E-state index contributed by atoms with van der Waals surface area (Å²) in [7, 11) is 1.60. The predicted octanol–water partition coefficient (Wildman–Crippen LogP) is 2.95. The molecular weight excluding hydrogens is 334 g/mol. The average Bonchev–Trinajstić information content (AvgIpc) is 3.08. The number of nitrogens with zero attached hydrogens (tertiary/aromatic N) is 3. The molecule has 1 aromatic carbocycles. The van der Waals surface area contributed by atoms with Gasteiger partial charge in [0.15, 0.2) is 11.5 Å². The van der Waals surface area contributed by atoms with Gasteiger partial charge in [-0.05, 0) is 31.9 Å².